The van der Waals surface area contributed by atoms with Gasteiger partial charge >= 0.3 is 5.97 Å². The molecule has 0 fully saturated rings. The second kappa shape index (κ2) is 6.64. The van der Waals surface area contributed by atoms with E-state index >= 15 is 0 Å². The average molecular weight is 329 g/mol. The molecule has 0 unspecified atom stereocenters. The summed E-state index contributed by atoms with van der Waals surface area (Å²) in [4.78, 5) is 27.1. The smallest absolute Gasteiger partial charge is 0.311 e. The number of hydrogen-bond acceptors (Lipinski definition) is 5. The standard InChI is InChI=1S/C13H10ClFN2O3S/c1-20-11(18)5-8-6-21-13(16-8)17-12(19)9-4-7(14)2-3-10(9)15/h2-4,6H,5H2,1H3,(H,16,17,19). The zero-order chi connectivity index (χ0) is 15.4. The predicted octanol–water partition coefficient (Wildman–Crippen LogP) is 2.90. The van der Waals surface area contributed by atoms with Gasteiger partial charge in [-0.15, -0.1) is 11.3 Å². The molecular formula is C13H10ClFN2O3S. The lowest BCUT2D eigenvalue weighted by atomic mass is 10.2. The van der Waals surface area contributed by atoms with E-state index in [9.17, 15) is 14.0 Å². The third kappa shape index (κ3) is 3.99. The second-order valence-electron chi connectivity index (χ2n) is 3.98. The zero-order valence-corrected chi connectivity index (χ0v) is 12.4. The number of methoxy groups -OCH3 is 1. The summed E-state index contributed by atoms with van der Waals surface area (Å²) in [5.41, 5.74) is 0.293. The molecule has 2 rings (SSSR count). The fraction of sp³-hybridized carbons (Fsp3) is 0.154. The van der Waals surface area contributed by atoms with Gasteiger partial charge in [0.25, 0.3) is 5.91 Å². The first-order valence-corrected chi connectivity index (χ1v) is 7.03. The Morgan fingerprint density at radius 1 is 1.48 bits per heavy atom. The second-order valence-corrected chi connectivity index (χ2v) is 5.27. The van der Waals surface area contributed by atoms with Crippen molar-refractivity contribution in [1.82, 2.24) is 4.98 Å². The van der Waals surface area contributed by atoms with Gasteiger partial charge in [-0.05, 0) is 18.2 Å². The Morgan fingerprint density at radius 3 is 2.95 bits per heavy atom. The number of thiazole rings is 1. The average Bonchev–Trinajstić information content (AvgIpc) is 2.88. The number of aromatic nitrogens is 1. The fourth-order valence-corrected chi connectivity index (χ4v) is 2.38. The number of anilines is 1. The van der Waals surface area contributed by atoms with Crippen LogP contribution in [0.1, 0.15) is 16.1 Å². The number of halogens is 2. The van der Waals surface area contributed by atoms with Crippen molar-refractivity contribution >= 4 is 39.9 Å². The summed E-state index contributed by atoms with van der Waals surface area (Å²) in [6.45, 7) is 0. The molecule has 0 atom stereocenters. The number of nitrogens with one attached hydrogen (secondary N) is 1. The van der Waals surface area contributed by atoms with Gasteiger partial charge in [-0.25, -0.2) is 9.37 Å². The molecule has 5 nitrogen and oxygen atoms in total. The van der Waals surface area contributed by atoms with E-state index in [-0.39, 0.29) is 22.1 Å². The molecule has 8 heteroatoms. The van der Waals surface area contributed by atoms with Crippen molar-refractivity contribution in [2.24, 2.45) is 0 Å². The molecule has 2 aromatic rings. The Morgan fingerprint density at radius 2 is 2.24 bits per heavy atom. The van der Waals surface area contributed by atoms with Crippen LogP contribution in [0.15, 0.2) is 23.6 Å². The number of hydrogen-bond donors (Lipinski definition) is 1. The number of esters is 1. The minimum atomic E-state index is -0.678. The Hall–Kier alpha value is -1.99. The molecule has 0 bridgehead atoms. The molecule has 1 amide bonds. The lowest BCUT2D eigenvalue weighted by molar-refractivity contribution is -0.139. The molecule has 21 heavy (non-hydrogen) atoms. The first-order chi connectivity index (χ1) is 9.99. The van der Waals surface area contributed by atoms with Crippen LogP contribution in [0.2, 0.25) is 5.02 Å². The van der Waals surface area contributed by atoms with E-state index in [0.717, 1.165) is 17.4 Å². The number of benzene rings is 1. The maximum Gasteiger partial charge on any atom is 0.311 e. The van der Waals surface area contributed by atoms with Crippen molar-refractivity contribution in [3.63, 3.8) is 0 Å². The van der Waals surface area contributed by atoms with Gasteiger partial charge in [0, 0.05) is 10.4 Å². The molecule has 110 valence electrons. The Balaban J connectivity index is 2.09. The largest absolute Gasteiger partial charge is 0.469 e. The van der Waals surface area contributed by atoms with Gasteiger partial charge in [0.1, 0.15) is 5.82 Å². The number of rotatable bonds is 4. The fourth-order valence-electron chi connectivity index (χ4n) is 1.50. The number of nitrogens with zero attached hydrogens (tertiary/aromatic N) is 1. The van der Waals surface area contributed by atoms with Crippen molar-refractivity contribution in [1.29, 1.82) is 0 Å². The van der Waals surface area contributed by atoms with E-state index in [2.05, 4.69) is 15.0 Å². The third-order valence-corrected chi connectivity index (χ3v) is 3.54. The first kappa shape index (κ1) is 15.4. The predicted molar refractivity (Wildman–Crippen MR) is 77.2 cm³/mol. The van der Waals surface area contributed by atoms with Gasteiger partial charge in [0.05, 0.1) is 24.8 Å². The summed E-state index contributed by atoms with van der Waals surface area (Å²) in [5.74, 6) is -1.77. The maximum atomic E-state index is 13.5. The molecule has 0 radical (unpaired) electrons. The van der Waals surface area contributed by atoms with Gasteiger partial charge in [-0.2, -0.15) is 0 Å². The minimum absolute atomic E-state index is 0.00833. The first-order valence-electron chi connectivity index (χ1n) is 5.77. The van der Waals surface area contributed by atoms with Gasteiger partial charge in [0.2, 0.25) is 0 Å². The number of carbonyl (C=O) groups is 2. The summed E-state index contributed by atoms with van der Waals surface area (Å²) in [6.07, 6.45) is 0.00833. The number of ether oxygens (including phenoxy) is 1. The number of carbonyl (C=O) groups excluding carboxylic acids is 2. The SMILES string of the molecule is COC(=O)Cc1csc(NC(=O)c2cc(Cl)ccc2F)n1. The van der Waals surface area contributed by atoms with E-state index < -0.39 is 17.7 Å². The highest BCUT2D eigenvalue weighted by Crippen LogP contribution is 2.19. The van der Waals surface area contributed by atoms with Crippen LogP contribution < -0.4 is 5.32 Å². The van der Waals surface area contributed by atoms with Crippen LogP contribution in [0, 0.1) is 5.82 Å². The highest BCUT2D eigenvalue weighted by Gasteiger charge is 2.15. The molecule has 1 aromatic carbocycles. The normalized spacial score (nSPS) is 10.2. The van der Waals surface area contributed by atoms with Crippen molar-refractivity contribution in [3.05, 3.63) is 45.7 Å². The third-order valence-electron chi connectivity index (χ3n) is 2.50. The zero-order valence-electron chi connectivity index (χ0n) is 10.9. The highest BCUT2D eigenvalue weighted by atomic mass is 35.5. The monoisotopic (exact) mass is 328 g/mol. The van der Waals surface area contributed by atoms with Crippen molar-refractivity contribution in [3.8, 4) is 0 Å². The van der Waals surface area contributed by atoms with Crippen LogP contribution in [-0.2, 0) is 16.0 Å². The molecular weight excluding hydrogens is 319 g/mol. The van der Waals surface area contributed by atoms with E-state index in [1.807, 2.05) is 0 Å². The summed E-state index contributed by atoms with van der Waals surface area (Å²) in [6, 6.07) is 3.70. The summed E-state index contributed by atoms with van der Waals surface area (Å²) >= 11 is 6.86. The Labute approximate surface area is 128 Å². The number of amides is 1. The molecule has 1 N–H and O–H groups in total. The van der Waals surface area contributed by atoms with Crippen LogP contribution in [0.3, 0.4) is 0 Å². The molecule has 0 saturated heterocycles. The van der Waals surface area contributed by atoms with Gasteiger partial charge in [-0.1, -0.05) is 11.6 Å². The van der Waals surface area contributed by atoms with E-state index in [1.165, 1.54) is 19.2 Å². The molecule has 1 aromatic heterocycles. The highest BCUT2D eigenvalue weighted by molar-refractivity contribution is 7.14. The summed E-state index contributed by atoms with van der Waals surface area (Å²) in [5, 5.41) is 4.59. The van der Waals surface area contributed by atoms with Gasteiger partial charge in [0.15, 0.2) is 5.13 Å². The van der Waals surface area contributed by atoms with E-state index in [4.69, 9.17) is 11.6 Å². The summed E-state index contributed by atoms with van der Waals surface area (Å²) < 4.78 is 18.1. The van der Waals surface area contributed by atoms with Crippen molar-refractivity contribution in [2.45, 2.75) is 6.42 Å². The Bertz CT molecular complexity index is 690. The minimum Gasteiger partial charge on any atom is -0.469 e. The molecule has 1 heterocycles. The maximum absolute atomic E-state index is 13.5. The quantitative estimate of drug-likeness (QED) is 0.876. The van der Waals surface area contributed by atoms with Crippen LogP contribution in [-0.4, -0.2) is 24.0 Å². The Kier molecular flexibility index (Phi) is 4.87. The topological polar surface area (TPSA) is 68.3 Å². The van der Waals surface area contributed by atoms with Crippen LogP contribution in [0.25, 0.3) is 0 Å². The molecule has 0 saturated carbocycles. The summed E-state index contributed by atoms with van der Waals surface area (Å²) in [7, 11) is 1.28. The lowest BCUT2D eigenvalue weighted by Crippen LogP contribution is -2.14. The van der Waals surface area contributed by atoms with Crippen LogP contribution >= 0.6 is 22.9 Å². The lowest BCUT2D eigenvalue weighted by Gasteiger charge is -2.03. The van der Waals surface area contributed by atoms with Crippen molar-refractivity contribution < 1.29 is 18.7 Å². The van der Waals surface area contributed by atoms with Gasteiger partial charge in [-0.3, -0.25) is 14.9 Å². The molecule has 0 aliphatic carbocycles. The van der Waals surface area contributed by atoms with Crippen LogP contribution in [0.4, 0.5) is 9.52 Å². The molecule has 0 spiro atoms. The molecule has 0 aliphatic rings. The van der Waals surface area contributed by atoms with Gasteiger partial charge < -0.3 is 4.74 Å². The van der Waals surface area contributed by atoms with Crippen molar-refractivity contribution in [2.75, 3.05) is 12.4 Å². The van der Waals surface area contributed by atoms with E-state index in [0.29, 0.717) is 5.69 Å². The molecule has 0 aliphatic heterocycles. The van der Waals surface area contributed by atoms with E-state index in [1.54, 1.807) is 5.38 Å². The van der Waals surface area contributed by atoms with Crippen LogP contribution in [0.5, 0.6) is 0 Å².